The van der Waals surface area contributed by atoms with Crippen molar-refractivity contribution in [3.05, 3.63) is 29.8 Å². The molecule has 0 radical (unpaired) electrons. The molecule has 2 N–H and O–H groups in total. The van der Waals surface area contributed by atoms with Crippen molar-refractivity contribution in [1.29, 1.82) is 0 Å². The fraction of sp³-hybridized carbons (Fsp3) is 0.500. The largest absolute Gasteiger partial charge is 0.488 e. The summed E-state index contributed by atoms with van der Waals surface area (Å²) in [4.78, 5) is 4.54. The molecule has 0 aromatic heterocycles. The number of hydrogen-bond acceptors (Lipinski definition) is 4. The van der Waals surface area contributed by atoms with Gasteiger partial charge in [0.1, 0.15) is 11.9 Å². The van der Waals surface area contributed by atoms with Crippen LogP contribution >= 0.6 is 0 Å². The van der Waals surface area contributed by atoms with Crippen LogP contribution in [0.2, 0.25) is 0 Å². The smallest absolute Gasteiger partial charge is 0.124 e. The van der Waals surface area contributed by atoms with E-state index in [-0.39, 0.29) is 6.10 Å². The van der Waals surface area contributed by atoms with Crippen LogP contribution in [-0.2, 0) is 16.0 Å². The number of rotatable bonds is 5. The van der Waals surface area contributed by atoms with Gasteiger partial charge in [0.15, 0.2) is 0 Å². The maximum Gasteiger partial charge on any atom is 0.124 e. The molecular weight excluding hydrogens is 206 g/mol. The van der Waals surface area contributed by atoms with E-state index in [0.717, 1.165) is 25.2 Å². The molecule has 2 rings (SSSR count). The fourth-order valence-electron chi connectivity index (χ4n) is 1.71. The van der Waals surface area contributed by atoms with Crippen LogP contribution in [0.5, 0.6) is 5.75 Å². The van der Waals surface area contributed by atoms with Crippen molar-refractivity contribution >= 4 is 0 Å². The quantitative estimate of drug-likeness (QED) is 0.764. The average molecular weight is 223 g/mol. The highest BCUT2D eigenvalue weighted by Crippen LogP contribution is 2.17. The van der Waals surface area contributed by atoms with Crippen molar-refractivity contribution in [1.82, 2.24) is 0 Å². The highest BCUT2D eigenvalue weighted by molar-refractivity contribution is 5.27. The van der Waals surface area contributed by atoms with Gasteiger partial charge >= 0.3 is 0 Å². The summed E-state index contributed by atoms with van der Waals surface area (Å²) < 4.78 is 11.0. The molecule has 1 atom stereocenters. The van der Waals surface area contributed by atoms with Gasteiger partial charge in [0, 0.05) is 6.42 Å². The average Bonchev–Trinajstić information content (AvgIpc) is 2.81. The molecule has 16 heavy (non-hydrogen) atoms. The first-order chi connectivity index (χ1) is 7.88. The zero-order valence-electron chi connectivity index (χ0n) is 9.22. The molecule has 1 aromatic carbocycles. The second-order valence-electron chi connectivity index (χ2n) is 3.87. The van der Waals surface area contributed by atoms with Gasteiger partial charge in [-0.15, -0.1) is 0 Å². The lowest BCUT2D eigenvalue weighted by molar-refractivity contribution is 0.140. The molecule has 4 heteroatoms. The standard InChI is InChI=1S/C12H17NO3/c13-15-8-5-10-1-3-11(4-2-10)16-12-6-7-14-9-12/h1-4,12H,5-9,13H2. The highest BCUT2D eigenvalue weighted by atomic mass is 16.6. The van der Waals surface area contributed by atoms with Gasteiger partial charge in [-0.2, -0.15) is 0 Å². The highest BCUT2D eigenvalue weighted by Gasteiger charge is 2.16. The number of nitrogens with two attached hydrogens (primary N) is 1. The van der Waals surface area contributed by atoms with E-state index in [2.05, 4.69) is 4.84 Å². The van der Waals surface area contributed by atoms with Crippen LogP contribution in [0.25, 0.3) is 0 Å². The topological polar surface area (TPSA) is 53.7 Å². The fourth-order valence-corrected chi connectivity index (χ4v) is 1.71. The van der Waals surface area contributed by atoms with E-state index in [1.54, 1.807) is 0 Å². The summed E-state index contributed by atoms with van der Waals surface area (Å²) in [7, 11) is 0. The molecule has 1 heterocycles. The second kappa shape index (κ2) is 5.84. The normalized spacial score (nSPS) is 19.9. The third kappa shape index (κ3) is 3.20. The lowest BCUT2D eigenvalue weighted by atomic mass is 10.1. The molecule has 4 nitrogen and oxygen atoms in total. The predicted octanol–water partition coefficient (Wildman–Crippen LogP) is 1.29. The van der Waals surface area contributed by atoms with Crippen LogP contribution in [0.1, 0.15) is 12.0 Å². The maximum absolute atomic E-state index is 5.75. The molecule has 1 aliphatic heterocycles. The van der Waals surface area contributed by atoms with Crippen molar-refractivity contribution in [2.24, 2.45) is 5.90 Å². The van der Waals surface area contributed by atoms with Gasteiger partial charge in [0.25, 0.3) is 0 Å². The summed E-state index contributed by atoms with van der Waals surface area (Å²) >= 11 is 0. The zero-order chi connectivity index (χ0) is 11.2. The van der Waals surface area contributed by atoms with E-state index in [1.807, 2.05) is 24.3 Å². The summed E-state index contributed by atoms with van der Waals surface area (Å²) in [5.74, 6) is 5.87. The Balaban J connectivity index is 1.86. The molecule has 1 saturated heterocycles. The first-order valence-corrected chi connectivity index (χ1v) is 5.53. The van der Waals surface area contributed by atoms with Crippen molar-refractivity contribution in [3.8, 4) is 5.75 Å². The van der Waals surface area contributed by atoms with Gasteiger partial charge in [0.05, 0.1) is 19.8 Å². The van der Waals surface area contributed by atoms with Crippen LogP contribution in [-0.4, -0.2) is 25.9 Å². The maximum atomic E-state index is 5.75. The number of hydrogen-bond donors (Lipinski definition) is 1. The Labute approximate surface area is 95.2 Å². The van der Waals surface area contributed by atoms with Crippen molar-refractivity contribution in [2.75, 3.05) is 19.8 Å². The summed E-state index contributed by atoms with van der Waals surface area (Å²) in [5.41, 5.74) is 1.19. The van der Waals surface area contributed by atoms with E-state index in [4.69, 9.17) is 15.4 Å². The van der Waals surface area contributed by atoms with Gasteiger partial charge < -0.3 is 14.3 Å². The molecule has 1 unspecified atom stereocenters. The summed E-state index contributed by atoms with van der Waals surface area (Å²) in [6.45, 7) is 2.04. The first-order valence-electron chi connectivity index (χ1n) is 5.53. The lowest BCUT2D eigenvalue weighted by Crippen LogP contribution is -2.15. The molecule has 0 amide bonds. The van der Waals surface area contributed by atoms with Gasteiger partial charge in [-0.25, -0.2) is 5.90 Å². The van der Waals surface area contributed by atoms with Gasteiger partial charge in [-0.1, -0.05) is 12.1 Å². The lowest BCUT2D eigenvalue weighted by Gasteiger charge is -2.11. The Morgan fingerprint density at radius 3 is 2.75 bits per heavy atom. The van der Waals surface area contributed by atoms with Gasteiger partial charge in [0.2, 0.25) is 0 Å². The minimum atomic E-state index is 0.207. The van der Waals surface area contributed by atoms with Crippen LogP contribution in [0.4, 0.5) is 0 Å². The van der Waals surface area contributed by atoms with E-state index < -0.39 is 0 Å². The van der Waals surface area contributed by atoms with Crippen LogP contribution < -0.4 is 10.6 Å². The Hall–Kier alpha value is -1.10. The third-order valence-corrected chi connectivity index (χ3v) is 2.62. The first kappa shape index (κ1) is 11.4. The molecule has 1 aliphatic rings. The van der Waals surface area contributed by atoms with Crippen molar-refractivity contribution in [2.45, 2.75) is 18.9 Å². The Morgan fingerprint density at radius 2 is 2.12 bits per heavy atom. The predicted molar refractivity (Wildman–Crippen MR) is 60.1 cm³/mol. The van der Waals surface area contributed by atoms with Crippen molar-refractivity contribution in [3.63, 3.8) is 0 Å². The molecule has 0 saturated carbocycles. The SMILES string of the molecule is NOCCc1ccc(OC2CCOC2)cc1. The van der Waals surface area contributed by atoms with Crippen LogP contribution in [0.15, 0.2) is 24.3 Å². The van der Waals surface area contributed by atoms with E-state index in [0.29, 0.717) is 13.2 Å². The molecule has 1 fully saturated rings. The summed E-state index contributed by atoms with van der Waals surface area (Å²) in [6, 6.07) is 8.02. The molecule has 0 spiro atoms. The summed E-state index contributed by atoms with van der Waals surface area (Å²) in [6.07, 6.45) is 2.00. The minimum Gasteiger partial charge on any atom is -0.488 e. The Kier molecular flexibility index (Phi) is 4.16. The Bertz CT molecular complexity index is 307. The zero-order valence-corrected chi connectivity index (χ0v) is 9.22. The van der Waals surface area contributed by atoms with E-state index >= 15 is 0 Å². The minimum absolute atomic E-state index is 0.207. The molecule has 88 valence electrons. The second-order valence-corrected chi connectivity index (χ2v) is 3.87. The van der Waals surface area contributed by atoms with Gasteiger partial charge in [-0.05, 0) is 24.1 Å². The molecule has 0 aliphatic carbocycles. The number of benzene rings is 1. The monoisotopic (exact) mass is 223 g/mol. The van der Waals surface area contributed by atoms with Crippen LogP contribution in [0, 0.1) is 0 Å². The molecular formula is C12H17NO3. The van der Waals surface area contributed by atoms with E-state index in [1.165, 1.54) is 5.56 Å². The van der Waals surface area contributed by atoms with Crippen LogP contribution in [0.3, 0.4) is 0 Å². The van der Waals surface area contributed by atoms with Gasteiger partial charge in [-0.3, -0.25) is 0 Å². The van der Waals surface area contributed by atoms with E-state index in [9.17, 15) is 0 Å². The molecule has 1 aromatic rings. The Morgan fingerprint density at radius 1 is 1.31 bits per heavy atom. The number of ether oxygens (including phenoxy) is 2. The third-order valence-electron chi connectivity index (χ3n) is 2.62. The van der Waals surface area contributed by atoms with Crippen molar-refractivity contribution < 1.29 is 14.3 Å². The molecule has 0 bridgehead atoms. The summed E-state index contributed by atoms with van der Waals surface area (Å²) in [5, 5.41) is 0.